The van der Waals surface area contributed by atoms with Crippen LogP contribution >= 0.6 is 0 Å². The van der Waals surface area contributed by atoms with E-state index in [-0.39, 0.29) is 11.8 Å². The number of anilines is 1. The molecule has 150 valence electrons. The van der Waals surface area contributed by atoms with Crippen molar-refractivity contribution < 1.29 is 13.2 Å². The van der Waals surface area contributed by atoms with Crippen LogP contribution in [0.15, 0.2) is 35.2 Å². The number of amides is 1. The van der Waals surface area contributed by atoms with E-state index in [0.29, 0.717) is 23.7 Å². The summed E-state index contributed by atoms with van der Waals surface area (Å²) in [5.41, 5.74) is 5.42. The SMILES string of the molecule is Cc1cc(C)c(S(=O)(=O)Nc2ccc3c(c2)CN(C(=O)C(C)C)CC3)cc1C. The second-order valence-electron chi connectivity index (χ2n) is 7.96. The van der Waals surface area contributed by atoms with E-state index in [1.165, 1.54) is 0 Å². The minimum absolute atomic E-state index is 0.0454. The van der Waals surface area contributed by atoms with Crippen molar-refractivity contribution in [1.82, 2.24) is 4.90 Å². The molecule has 1 N–H and O–H groups in total. The van der Waals surface area contributed by atoms with Crippen LogP contribution in [0.2, 0.25) is 0 Å². The molecule has 1 aliphatic rings. The summed E-state index contributed by atoms with van der Waals surface area (Å²) in [6.45, 7) is 10.7. The number of hydrogen-bond donors (Lipinski definition) is 1. The van der Waals surface area contributed by atoms with Crippen LogP contribution in [-0.4, -0.2) is 25.8 Å². The van der Waals surface area contributed by atoms with Gasteiger partial charge >= 0.3 is 0 Å². The minimum Gasteiger partial charge on any atom is -0.338 e. The zero-order chi connectivity index (χ0) is 20.6. The molecule has 1 amide bonds. The summed E-state index contributed by atoms with van der Waals surface area (Å²) >= 11 is 0. The minimum atomic E-state index is -3.68. The smallest absolute Gasteiger partial charge is 0.262 e. The van der Waals surface area contributed by atoms with E-state index < -0.39 is 10.0 Å². The van der Waals surface area contributed by atoms with Gasteiger partial charge < -0.3 is 4.90 Å². The van der Waals surface area contributed by atoms with Crippen LogP contribution in [0.5, 0.6) is 0 Å². The Morgan fingerprint density at radius 3 is 2.36 bits per heavy atom. The number of fused-ring (bicyclic) bond motifs is 1. The molecule has 2 aromatic carbocycles. The number of carbonyl (C=O) groups is 1. The number of nitrogens with zero attached hydrogens (tertiary/aromatic N) is 1. The molecule has 0 fully saturated rings. The van der Waals surface area contributed by atoms with Gasteiger partial charge in [-0.05, 0) is 73.2 Å². The summed E-state index contributed by atoms with van der Waals surface area (Å²) in [6.07, 6.45) is 0.789. The summed E-state index contributed by atoms with van der Waals surface area (Å²) in [6, 6.07) is 9.22. The molecule has 3 rings (SSSR count). The quantitative estimate of drug-likeness (QED) is 0.845. The molecule has 0 spiro atoms. The van der Waals surface area contributed by atoms with Crippen molar-refractivity contribution >= 4 is 21.6 Å². The molecule has 0 saturated carbocycles. The fourth-order valence-electron chi connectivity index (χ4n) is 3.61. The molecule has 1 heterocycles. The first kappa shape index (κ1) is 20.4. The van der Waals surface area contributed by atoms with E-state index in [4.69, 9.17) is 0 Å². The van der Waals surface area contributed by atoms with Gasteiger partial charge in [-0.1, -0.05) is 26.0 Å². The number of aryl methyl sites for hydroxylation is 3. The van der Waals surface area contributed by atoms with Gasteiger partial charge in [0, 0.05) is 24.7 Å². The lowest BCUT2D eigenvalue weighted by molar-refractivity contribution is -0.135. The highest BCUT2D eigenvalue weighted by Crippen LogP contribution is 2.27. The molecule has 0 aliphatic carbocycles. The van der Waals surface area contributed by atoms with E-state index in [1.54, 1.807) is 12.1 Å². The van der Waals surface area contributed by atoms with Crippen molar-refractivity contribution in [3.63, 3.8) is 0 Å². The first-order chi connectivity index (χ1) is 13.1. The molecule has 28 heavy (non-hydrogen) atoms. The highest BCUT2D eigenvalue weighted by Gasteiger charge is 2.24. The normalized spacial score (nSPS) is 14.1. The number of hydrogen-bond acceptors (Lipinski definition) is 3. The lowest BCUT2D eigenvalue weighted by Crippen LogP contribution is -2.38. The number of sulfonamides is 1. The van der Waals surface area contributed by atoms with Gasteiger partial charge in [-0.2, -0.15) is 0 Å². The van der Waals surface area contributed by atoms with E-state index >= 15 is 0 Å². The Morgan fingerprint density at radius 1 is 1.00 bits per heavy atom. The van der Waals surface area contributed by atoms with Crippen molar-refractivity contribution in [2.24, 2.45) is 5.92 Å². The average molecular weight is 401 g/mol. The van der Waals surface area contributed by atoms with Gasteiger partial charge in [0.25, 0.3) is 10.0 Å². The Bertz CT molecular complexity index is 1030. The monoisotopic (exact) mass is 400 g/mol. The van der Waals surface area contributed by atoms with E-state index in [0.717, 1.165) is 34.2 Å². The van der Waals surface area contributed by atoms with Gasteiger partial charge in [-0.25, -0.2) is 8.42 Å². The van der Waals surface area contributed by atoms with Crippen molar-refractivity contribution in [2.75, 3.05) is 11.3 Å². The van der Waals surface area contributed by atoms with Crippen LogP contribution in [0.1, 0.15) is 41.7 Å². The van der Waals surface area contributed by atoms with E-state index in [9.17, 15) is 13.2 Å². The summed E-state index contributed by atoms with van der Waals surface area (Å²) in [4.78, 5) is 14.5. The Labute approximate surface area is 167 Å². The van der Waals surface area contributed by atoms with Gasteiger partial charge in [0.1, 0.15) is 0 Å². The summed E-state index contributed by atoms with van der Waals surface area (Å²) in [5.74, 6) is 0.0818. The second-order valence-corrected chi connectivity index (χ2v) is 9.61. The molecule has 5 nitrogen and oxygen atoms in total. The molecule has 0 atom stereocenters. The third-order valence-corrected chi connectivity index (χ3v) is 6.88. The predicted octanol–water partition coefficient (Wildman–Crippen LogP) is 3.95. The predicted molar refractivity (Wildman–Crippen MR) is 112 cm³/mol. The zero-order valence-corrected chi connectivity index (χ0v) is 18.0. The fraction of sp³-hybridized carbons (Fsp3) is 0.409. The lowest BCUT2D eigenvalue weighted by Gasteiger charge is -2.30. The van der Waals surface area contributed by atoms with Crippen LogP contribution in [-0.2, 0) is 27.8 Å². The number of nitrogens with one attached hydrogen (secondary N) is 1. The average Bonchev–Trinajstić information content (AvgIpc) is 2.62. The third-order valence-electron chi connectivity index (χ3n) is 5.36. The molecular weight excluding hydrogens is 372 g/mol. The first-order valence-electron chi connectivity index (χ1n) is 9.59. The lowest BCUT2D eigenvalue weighted by atomic mass is 9.98. The second kappa shape index (κ2) is 7.59. The fourth-order valence-corrected chi connectivity index (χ4v) is 4.97. The van der Waals surface area contributed by atoms with Crippen LogP contribution in [0.4, 0.5) is 5.69 Å². The molecule has 0 aromatic heterocycles. The largest absolute Gasteiger partial charge is 0.338 e. The van der Waals surface area contributed by atoms with E-state index in [1.807, 2.05) is 57.7 Å². The van der Waals surface area contributed by atoms with E-state index in [2.05, 4.69) is 4.72 Å². The maximum atomic E-state index is 12.9. The van der Waals surface area contributed by atoms with Crippen LogP contribution in [0, 0.1) is 26.7 Å². The molecule has 0 bridgehead atoms. The standard InChI is InChI=1S/C22H28N2O3S/c1-14(2)22(25)24-9-8-18-6-7-20(12-19(18)13-24)23-28(26,27)21-11-16(4)15(3)10-17(21)5/h6-7,10-12,14,23H,8-9,13H2,1-5H3. The number of carbonyl (C=O) groups excluding carboxylic acids is 1. The van der Waals surface area contributed by atoms with Crippen LogP contribution in [0.25, 0.3) is 0 Å². The molecule has 0 unspecified atom stereocenters. The maximum absolute atomic E-state index is 12.9. The van der Waals surface area contributed by atoms with Crippen molar-refractivity contribution in [3.8, 4) is 0 Å². The molecule has 2 aromatic rings. The van der Waals surface area contributed by atoms with Gasteiger partial charge in [0.2, 0.25) is 5.91 Å². The Morgan fingerprint density at radius 2 is 1.68 bits per heavy atom. The van der Waals surface area contributed by atoms with Crippen molar-refractivity contribution in [1.29, 1.82) is 0 Å². The highest BCUT2D eigenvalue weighted by molar-refractivity contribution is 7.92. The third kappa shape index (κ3) is 4.07. The number of rotatable bonds is 4. The molecule has 1 aliphatic heterocycles. The Kier molecular flexibility index (Phi) is 5.53. The number of benzene rings is 2. The summed E-state index contributed by atoms with van der Waals surface area (Å²) < 4.78 is 28.6. The van der Waals surface area contributed by atoms with Crippen LogP contribution < -0.4 is 4.72 Å². The Hall–Kier alpha value is -2.34. The van der Waals surface area contributed by atoms with Gasteiger partial charge in [0.05, 0.1) is 4.90 Å². The van der Waals surface area contributed by atoms with Gasteiger partial charge in [-0.3, -0.25) is 9.52 Å². The van der Waals surface area contributed by atoms with Crippen molar-refractivity contribution in [2.45, 2.75) is 52.5 Å². The molecule has 0 radical (unpaired) electrons. The summed E-state index contributed by atoms with van der Waals surface area (Å²) in [7, 11) is -3.68. The zero-order valence-electron chi connectivity index (χ0n) is 17.2. The van der Waals surface area contributed by atoms with Crippen molar-refractivity contribution in [3.05, 3.63) is 58.1 Å². The van der Waals surface area contributed by atoms with Gasteiger partial charge in [0.15, 0.2) is 0 Å². The van der Waals surface area contributed by atoms with Crippen LogP contribution in [0.3, 0.4) is 0 Å². The van der Waals surface area contributed by atoms with Gasteiger partial charge in [-0.15, -0.1) is 0 Å². The highest BCUT2D eigenvalue weighted by atomic mass is 32.2. The topological polar surface area (TPSA) is 66.5 Å². The summed E-state index contributed by atoms with van der Waals surface area (Å²) in [5, 5.41) is 0. The molecule has 6 heteroatoms. The molecular formula is C22H28N2O3S. The maximum Gasteiger partial charge on any atom is 0.262 e. The molecule has 0 saturated heterocycles. The first-order valence-corrected chi connectivity index (χ1v) is 11.1. The Balaban J connectivity index is 1.87.